The van der Waals surface area contributed by atoms with Gasteiger partial charge in [0.05, 0.1) is 11.4 Å². The first-order chi connectivity index (χ1) is 9.01. The third kappa shape index (κ3) is 3.40. The van der Waals surface area contributed by atoms with E-state index in [0.29, 0.717) is 11.5 Å². The zero-order valence-corrected chi connectivity index (χ0v) is 11.6. The van der Waals surface area contributed by atoms with Crippen molar-refractivity contribution < 1.29 is 8.42 Å². The molecule has 0 spiro atoms. The molecule has 0 unspecified atom stereocenters. The Kier molecular flexibility index (Phi) is 3.98. The van der Waals surface area contributed by atoms with Gasteiger partial charge < -0.3 is 10.3 Å². The molecule has 0 radical (unpaired) electrons. The van der Waals surface area contributed by atoms with Gasteiger partial charge in [-0.1, -0.05) is 11.3 Å². The smallest absolute Gasteiger partial charge is 0.304 e. The fourth-order valence-corrected chi connectivity index (χ4v) is 2.97. The lowest BCUT2D eigenvalue weighted by Crippen LogP contribution is -2.23. The van der Waals surface area contributed by atoms with Gasteiger partial charge in [-0.3, -0.25) is 4.79 Å². The Balaban J connectivity index is 2.15. The second kappa shape index (κ2) is 5.51. The Morgan fingerprint density at radius 1 is 1.47 bits per heavy atom. The minimum Gasteiger partial charge on any atom is -0.373 e. The predicted molar refractivity (Wildman–Crippen MR) is 72.7 cm³/mol. The summed E-state index contributed by atoms with van der Waals surface area (Å²) in [5.41, 5.74) is 0.529. The molecule has 0 fully saturated rings. The molecule has 2 heterocycles. The predicted octanol–water partition coefficient (Wildman–Crippen LogP) is 0.352. The summed E-state index contributed by atoms with van der Waals surface area (Å²) in [4.78, 5) is 17.3. The van der Waals surface area contributed by atoms with E-state index in [2.05, 4.69) is 20.0 Å². The van der Waals surface area contributed by atoms with Crippen molar-refractivity contribution >= 4 is 27.2 Å². The van der Waals surface area contributed by atoms with Crippen LogP contribution in [0.4, 0.5) is 5.82 Å². The van der Waals surface area contributed by atoms with Gasteiger partial charge in [-0.25, -0.2) is 18.1 Å². The maximum absolute atomic E-state index is 12.0. The highest BCUT2D eigenvalue weighted by atomic mass is 32.2. The number of hydrogen-bond donors (Lipinski definition) is 3. The van der Waals surface area contributed by atoms with Gasteiger partial charge >= 0.3 is 4.87 Å². The Labute approximate surface area is 113 Å². The molecular weight excluding hydrogens is 288 g/mol. The molecule has 0 aliphatic heterocycles. The maximum atomic E-state index is 12.0. The zero-order chi connectivity index (χ0) is 13.9. The van der Waals surface area contributed by atoms with Crippen molar-refractivity contribution in [3.05, 3.63) is 39.1 Å². The van der Waals surface area contributed by atoms with Gasteiger partial charge in [0.25, 0.3) is 0 Å². The highest BCUT2D eigenvalue weighted by molar-refractivity contribution is 7.89. The minimum atomic E-state index is -3.63. The molecule has 2 aromatic heterocycles. The first kappa shape index (κ1) is 13.7. The zero-order valence-electron chi connectivity index (χ0n) is 10.0. The molecule has 7 nitrogen and oxygen atoms in total. The second-order valence-corrected chi connectivity index (χ2v) is 6.23. The Hall–Kier alpha value is -1.71. The lowest BCUT2D eigenvalue weighted by Gasteiger charge is -2.06. The number of sulfonamides is 1. The van der Waals surface area contributed by atoms with Crippen LogP contribution in [0.1, 0.15) is 5.69 Å². The number of H-pyrrole nitrogens is 1. The number of aromatic nitrogens is 2. The summed E-state index contributed by atoms with van der Waals surface area (Å²) in [6, 6.07) is 2.83. The van der Waals surface area contributed by atoms with Crippen molar-refractivity contribution in [2.75, 3.05) is 12.4 Å². The van der Waals surface area contributed by atoms with Crippen molar-refractivity contribution in [2.45, 2.75) is 11.4 Å². The van der Waals surface area contributed by atoms with Crippen LogP contribution < -0.4 is 14.9 Å². The molecule has 0 aliphatic carbocycles. The van der Waals surface area contributed by atoms with E-state index in [0.717, 1.165) is 11.3 Å². The van der Waals surface area contributed by atoms with Crippen LogP contribution in [0.25, 0.3) is 0 Å². The lowest BCUT2D eigenvalue weighted by molar-refractivity contribution is 0.580. The summed E-state index contributed by atoms with van der Waals surface area (Å²) in [5.74, 6) is 0.465. The lowest BCUT2D eigenvalue weighted by atomic mass is 10.5. The first-order valence-electron chi connectivity index (χ1n) is 5.31. The monoisotopic (exact) mass is 300 g/mol. The van der Waals surface area contributed by atoms with Crippen LogP contribution >= 0.6 is 11.3 Å². The molecule has 9 heteroatoms. The molecule has 2 rings (SSSR count). The van der Waals surface area contributed by atoms with E-state index >= 15 is 0 Å². The van der Waals surface area contributed by atoms with Gasteiger partial charge in [-0.15, -0.1) is 0 Å². The molecule has 102 valence electrons. The summed E-state index contributed by atoms with van der Waals surface area (Å²) >= 11 is 0.991. The molecule has 19 heavy (non-hydrogen) atoms. The van der Waals surface area contributed by atoms with E-state index in [-0.39, 0.29) is 16.3 Å². The van der Waals surface area contributed by atoms with E-state index in [4.69, 9.17) is 0 Å². The summed E-state index contributed by atoms with van der Waals surface area (Å²) in [5, 5.41) is 4.35. The number of hydrogen-bond acceptors (Lipinski definition) is 6. The summed E-state index contributed by atoms with van der Waals surface area (Å²) in [6.45, 7) is 0.0400. The molecule has 0 aliphatic rings. The van der Waals surface area contributed by atoms with Gasteiger partial charge in [0.2, 0.25) is 10.0 Å². The Bertz CT molecular complexity index is 720. The molecule has 0 atom stereocenters. The average Bonchev–Trinajstić information content (AvgIpc) is 2.82. The summed E-state index contributed by atoms with van der Waals surface area (Å²) in [7, 11) is -1.97. The van der Waals surface area contributed by atoms with Gasteiger partial charge in [0.15, 0.2) is 0 Å². The largest absolute Gasteiger partial charge is 0.373 e. The van der Waals surface area contributed by atoms with Crippen molar-refractivity contribution in [3.8, 4) is 0 Å². The number of thiazole rings is 1. The number of aromatic amines is 1. The van der Waals surface area contributed by atoms with Crippen LogP contribution in [0, 0.1) is 0 Å². The topological polar surface area (TPSA) is 104 Å². The van der Waals surface area contributed by atoms with Crippen LogP contribution in [0.15, 0.2) is 33.4 Å². The van der Waals surface area contributed by atoms with Gasteiger partial charge in [-0.2, -0.15) is 0 Å². The molecule has 2 aromatic rings. The third-order valence-electron chi connectivity index (χ3n) is 2.32. The van der Waals surface area contributed by atoms with Gasteiger partial charge in [0.1, 0.15) is 5.82 Å². The standard InChI is InChI=1S/C10H12N4O3S2/c1-11-9-4-8(2-3-12-9)19(16,17)13-5-7-6-18-10(15)14-7/h2-4,6,13H,5H2,1H3,(H,11,12)(H,14,15). The molecule has 0 amide bonds. The van der Waals surface area contributed by atoms with Crippen LogP contribution in [0.3, 0.4) is 0 Å². The normalized spacial score (nSPS) is 11.4. The Morgan fingerprint density at radius 3 is 2.89 bits per heavy atom. The SMILES string of the molecule is CNc1cc(S(=O)(=O)NCc2csc(=O)[nH]2)ccn1. The summed E-state index contributed by atoms with van der Waals surface area (Å²) in [6.07, 6.45) is 1.41. The van der Waals surface area contributed by atoms with E-state index in [1.165, 1.54) is 18.3 Å². The van der Waals surface area contributed by atoms with Crippen LogP contribution in [0.2, 0.25) is 0 Å². The molecule has 0 saturated carbocycles. The maximum Gasteiger partial charge on any atom is 0.304 e. The number of nitrogens with one attached hydrogen (secondary N) is 3. The quantitative estimate of drug-likeness (QED) is 0.739. The molecule has 0 aromatic carbocycles. The van der Waals surface area contributed by atoms with Crippen molar-refractivity contribution in [3.63, 3.8) is 0 Å². The number of anilines is 1. The second-order valence-electron chi connectivity index (χ2n) is 3.62. The van der Waals surface area contributed by atoms with Crippen molar-refractivity contribution in [2.24, 2.45) is 0 Å². The molecular formula is C10H12N4O3S2. The van der Waals surface area contributed by atoms with E-state index in [9.17, 15) is 13.2 Å². The number of rotatable bonds is 5. The third-order valence-corrected chi connectivity index (χ3v) is 4.44. The first-order valence-corrected chi connectivity index (χ1v) is 7.68. The fraction of sp³-hybridized carbons (Fsp3) is 0.200. The molecule has 0 bridgehead atoms. The van der Waals surface area contributed by atoms with Gasteiger partial charge in [0, 0.05) is 30.4 Å². The van der Waals surface area contributed by atoms with E-state index in [1.54, 1.807) is 12.4 Å². The van der Waals surface area contributed by atoms with Crippen LogP contribution in [-0.2, 0) is 16.6 Å². The summed E-state index contributed by atoms with van der Waals surface area (Å²) < 4.78 is 26.5. The van der Waals surface area contributed by atoms with E-state index in [1.807, 2.05) is 0 Å². The molecule has 3 N–H and O–H groups in total. The fourth-order valence-electron chi connectivity index (χ4n) is 1.37. The minimum absolute atomic E-state index is 0.0400. The van der Waals surface area contributed by atoms with Crippen molar-refractivity contribution in [1.82, 2.24) is 14.7 Å². The number of pyridine rings is 1. The Morgan fingerprint density at radius 2 is 2.26 bits per heavy atom. The van der Waals surface area contributed by atoms with Crippen molar-refractivity contribution in [1.29, 1.82) is 0 Å². The highest BCUT2D eigenvalue weighted by Crippen LogP contribution is 2.12. The van der Waals surface area contributed by atoms with Crippen LogP contribution in [0.5, 0.6) is 0 Å². The van der Waals surface area contributed by atoms with Crippen LogP contribution in [-0.4, -0.2) is 25.4 Å². The van der Waals surface area contributed by atoms with Gasteiger partial charge in [-0.05, 0) is 6.07 Å². The highest BCUT2D eigenvalue weighted by Gasteiger charge is 2.14. The molecule has 0 saturated heterocycles. The average molecular weight is 300 g/mol. The number of nitrogens with zero attached hydrogens (tertiary/aromatic N) is 1. The van der Waals surface area contributed by atoms with E-state index < -0.39 is 10.0 Å².